The number of nitrogens with zero attached hydrogens (tertiary/aromatic N) is 2. The molecule has 0 atom stereocenters. The van der Waals surface area contributed by atoms with Crippen molar-refractivity contribution < 1.29 is 0 Å². The Morgan fingerprint density at radius 3 is 2.63 bits per heavy atom. The first kappa shape index (κ1) is 20.4. The molecule has 1 heterocycles. The highest BCUT2D eigenvalue weighted by Crippen LogP contribution is 2.50. The Morgan fingerprint density at radius 1 is 1.10 bits per heavy atom. The number of benzene rings is 1. The Kier molecular flexibility index (Phi) is 5.79. The molecule has 1 aromatic carbocycles. The van der Waals surface area contributed by atoms with E-state index in [9.17, 15) is 4.79 Å². The van der Waals surface area contributed by atoms with Gasteiger partial charge in [0.05, 0.1) is 11.3 Å². The molecule has 2 fully saturated rings. The van der Waals surface area contributed by atoms with Gasteiger partial charge in [-0.15, -0.1) is 0 Å². The molecule has 0 aliphatic heterocycles. The summed E-state index contributed by atoms with van der Waals surface area (Å²) in [6.45, 7) is 2.23. The highest BCUT2D eigenvalue weighted by atomic mass is 32.2. The minimum atomic E-state index is 0.0107. The highest BCUT2D eigenvalue weighted by Gasteiger charge is 2.45. The molecule has 1 aromatic heterocycles. The second-order valence-corrected chi connectivity index (χ2v) is 10.7. The first-order valence-corrected chi connectivity index (χ1v) is 13.1. The van der Waals surface area contributed by atoms with Gasteiger partial charge in [-0.25, -0.2) is 4.98 Å². The van der Waals surface area contributed by atoms with Crippen LogP contribution in [0.15, 0.2) is 34.2 Å². The van der Waals surface area contributed by atoms with Crippen molar-refractivity contribution in [3.8, 4) is 11.3 Å². The van der Waals surface area contributed by atoms with Crippen molar-refractivity contribution in [3.05, 3.63) is 45.7 Å². The number of hydrogen-bond acceptors (Lipinski definition) is 3. The number of rotatable bonds is 5. The Balaban J connectivity index is 1.72. The second kappa shape index (κ2) is 8.53. The van der Waals surface area contributed by atoms with E-state index in [-0.39, 0.29) is 5.41 Å². The summed E-state index contributed by atoms with van der Waals surface area (Å²) in [6, 6.07) is 9.04. The van der Waals surface area contributed by atoms with Crippen molar-refractivity contribution in [2.75, 3.05) is 5.75 Å². The van der Waals surface area contributed by atoms with Crippen LogP contribution in [0, 0.1) is 0 Å². The van der Waals surface area contributed by atoms with E-state index in [1.165, 1.54) is 56.1 Å². The molecule has 3 nitrogen and oxygen atoms in total. The van der Waals surface area contributed by atoms with Crippen LogP contribution < -0.4 is 5.56 Å². The fourth-order valence-corrected chi connectivity index (χ4v) is 7.24. The molecular formula is C26H34N2OS. The summed E-state index contributed by atoms with van der Waals surface area (Å²) in [4.78, 5) is 19.6. The van der Waals surface area contributed by atoms with Crippen molar-refractivity contribution >= 4 is 11.8 Å². The molecule has 0 radical (unpaired) electrons. The topological polar surface area (TPSA) is 34.9 Å². The summed E-state index contributed by atoms with van der Waals surface area (Å²) in [5.74, 6) is 1.04. The SMILES string of the molecule is CCCCSc1nc2c(c(=O)n1C1CCCCC1)C1(CCCC1)Cc1ccccc1-2. The van der Waals surface area contributed by atoms with Gasteiger partial charge in [0.1, 0.15) is 0 Å². The first-order chi connectivity index (χ1) is 14.7. The molecule has 2 aromatic rings. The molecule has 0 unspecified atom stereocenters. The lowest BCUT2D eigenvalue weighted by Gasteiger charge is -2.37. The van der Waals surface area contributed by atoms with Crippen molar-refractivity contribution in [1.82, 2.24) is 9.55 Å². The van der Waals surface area contributed by atoms with E-state index in [4.69, 9.17) is 4.98 Å². The number of thioether (sulfide) groups is 1. The summed E-state index contributed by atoms with van der Waals surface area (Å²) >= 11 is 1.81. The van der Waals surface area contributed by atoms with E-state index in [2.05, 4.69) is 35.8 Å². The van der Waals surface area contributed by atoms with Crippen LogP contribution in [0.1, 0.15) is 94.7 Å². The highest BCUT2D eigenvalue weighted by molar-refractivity contribution is 7.99. The Bertz CT molecular complexity index is 967. The summed E-state index contributed by atoms with van der Waals surface area (Å²) in [7, 11) is 0. The molecule has 0 N–H and O–H groups in total. The van der Waals surface area contributed by atoms with Gasteiger partial charge in [0.15, 0.2) is 5.16 Å². The van der Waals surface area contributed by atoms with Gasteiger partial charge >= 0.3 is 0 Å². The number of unbranched alkanes of at least 4 members (excludes halogenated alkanes) is 1. The van der Waals surface area contributed by atoms with E-state index >= 15 is 0 Å². The predicted octanol–water partition coefficient (Wildman–Crippen LogP) is 6.68. The molecule has 4 heteroatoms. The Morgan fingerprint density at radius 2 is 1.87 bits per heavy atom. The number of hydrogen-bond donors (Lipinski definition) is 0. The normalized spacial score (nSPS) is 20.3. The summed E-state index contributed by atoms with van der Waals surface area (Å²) in [5, 5.41) is 0.976. The maximum Gasteiger partial charge on any atom is 0.258 e. The van der Waals surface area contributed by atoms with Gasteiger partial charge in [-0.3, -0.25) is 9.36 Å². The third-order valence-corrected chi connectivity index (χ3v) is 8.68. The second-order valence-electron chi connectivity index (χ2n) is 9.61. The molecule has 1 spiro atoms. The zero-order valence-corrected chi connectivity index (χ0v) is 19.1. The van der Waals surface area contributed by atoms with E-state index in [1.807, 2.05) is 11.8 Å². The predicted molar refractivity (Wildman–Crippen MR) is 126 cm³/mol. The van der Waals surface area contributed by atoms with Crippen LogP contribution in [0.5, 0.6) is 0 Å². The molecule has 160 valence electrons. The van der Waals surface area contributed by atoms with Crippen molar-refractivity contribution in [3.63, 3.8) is 0 Å². The van der Waals surface area contributed by atoms with Crippen LogP contribution in [0.25, 0.3) is 11.3 Å². The third-order valence-electron chi connectivity index (χ3n) is 7.64. The van der Waals surface area contributed by atoms with Crippen LogP contribution in [0.3, 0.4) is 0 Å². The number of fused-ring (bicyclic) bond motifs is 4. The molecule has 30 heavy (non-hydrogen) atoms. The molecule has 0 saturated heterocycles. The minimum Gasteiger partial charge on any atom is -0.284 e. The van der Waals surface area contributed by atoms with Crippen LogP contribution in [0.2, 0.25) is 0 Å². The fourth-order valence-electron chi connectivity index (χ4n) is 6.09. The average molecular weight is 423 g/mol. The lowest BCUT2D eigenvalue weighted by Crippen LogP contribution is -2.41. The van der Waals surface area contributed by atoms with Crippen molar-refractivity contribution in [1.29, 1.82) is 0 Å². The van der Waals surface area contributed by atoms with Gasteiger partial charge in [-0.1, -0.05) is 81.5 Å². The average Bonchev–Trinajstić information content (AvgIpc) is 3.23. The van der Waals surface area contributed by atoms with Gasteiger partial charge < -0.3 is 0 Å². The largest absolute Gasteiger partial charge is 0.284 e. The van der Waals surface area contributed by atoms with Gasteiger partial charge in [-0.2, -0.15) is 0 Å². The van der Waals surface area contributed by atoms with Gasteiger partial charge in [-0.05, 0) is 44.1 Å². The van der Waals surface area contributed by atoms with Crippen LogP contribution >= 0.6 is 11.8 Å². The lowest BCUT2D eigenvalue weighted by molar-refractivity contribution is 0.316. The smallest absolute Gasteiger partial charge is 0.258 e. The molecule has 3 aliphatic carbocycles. The standard InChI is InChI=1S/C26H34N2OS/c1-2-3-17-30-25-27-23-21-14-8-7-11-19(21)18-26(15-9-10-16-26)22(23)24(29)28(25)20-12-5-4-6-13-20/h7-8,11,14,20H,2-6,9-10,12-13,15-18H2,1H3. The molecule has 5 rings (SSSR count). The maximum atomic E-state index is 14.2. The first-order valence-electron chi connectivity index (χ1n) is 12.1. The van der Waals surface area contributed by atoms with Gasteiger partial charge in [0, 0.05) is 22.8 Å². The Labute approximate surface area is 184 Å². The summed E-state index contributed by atoms with van der Waals surface area (Å²) in [5.41, 5.74) is 4.96. The summed E-state index contributed by atoms with van der Waals surface area (Å²) in [6.07, 6.45) is 14.1. The summed E-state index contributed by atoms with van der Waals surface area (Å²) < 4.78 is 2.16. The zero-order valence-electron chi connectivity index (χ0n) is 18.3. The molecule has 2 saturated carbocycles. The van der Waals surface area contributed by atoms with Gasteiger partial charge in [0.25, 0.3) is 5.56 Å². The fraction of sp³-hybridized carbons (Fsp3) is 0.615. The third kappa shape index (κ3) is 3.45. The minimum absolute atomic E-state index is 0.0107. The van der Waals surface area contributed by atoms with E-state index < -0.39 is 0 Å². The van der Waals surface area contributed by atoms with Crippen LogP contribution in [0.4, 0.5) is 0 Å². The molecular weight excluding hydrogens is 388 g/mol. The van der Waals surface area contributed by atoms with E-state index in [0.29, 0.717) is 11.6 Å². The zero-order chi connectivity index (χ0) is 20.6. The monoisotopic (exact) mass is 422 g/mol. The number of aromatic nitrogens is 2. The van der Waals surface area contributed by atoms with Gasteiger partial charge in [0.2, 0.25) is 0 Å². The lowest BCUT2D eigenvalue weighted by atomic mass is 9.68. The Hall–Kier alpha value is -1.55. The quantitative estimate of drug-likeness (QED) is 0.306. The molecule has 0 bridgehead atoms. The van der Waals surface area contributed by atoms with E-state index in [0.717, 1.165) is 54.3 Å². The van der Waals surface area contributed by atoms with Crippen molar-refractivity contribution in [2.24, 2.45) is 0 Å². The van der Waals surface area contributed by atoms with Crippen LogP contribution in [-0.4, -0.2) is 15.3 Å². The van der Waals surface area contributed by atoms with E-state index in [1.54, 1.807) is 0 Å². The van der Waals surface area contributed by atoms with Crippen molar-refractivity contribution in [2.45, 2.75) is 101 Å². The molecule has 3 aliphatic rings. The van der Waals surface area contributed by atoms with Crippen LogP contribution in [-0.2, 0) is 11.8 Å². The maximum absolute atomic E-state index is 14.2. The molecule has 0 amide bonds.